The molecule has 0 amide bonds. The fourth-order valence-corrected chi connectivity index (χ4v) is 4.75. The number of ether oxygens (including phenoxy) is 1. The number of pyridine rings is 1. The minimum Gasteiger partial charge on any atom is -0.457 e. The molecule has 0 aliphatic heterocycles. The van der Waals surface area contributed by atoms with Crippen LogP contribution in [0.25, 0.3) is 21.5 Å². The van der Waals surface area contributed by atoms with Crippen molar-refractivity contribution in [1.82, 2.24) is 19.7 Å². The van der Waals surface area contributed by atoms with Gasteiger partial charge in [-0.05, 0) is 31.0 Å². The zero-order valence-corrected chi connectivity index (χ0v) is 17.5. The van der Waals surface area contributed by atoms with E-state index in [0.717, 1.165) is 63.8 Å². The fourth-order valence-electron chi connectivity index (χ4n) is 3.79. The van der Waals surface area contributed by atoms with Gasteiger partial charge in [-0.1, -0.05) is 24.2 Å². The van der Waals surface area contributed by atoms with Gasteiger partial charge in [0.05, 0.1) is 34.3 Å². The molecule has 3 heterocycles. The molecule has 1 fully saturated rings. The second-order valence-corrected chi connectivity index (χ2v) is 8.66. The van der Waals surface area contributed by atoms with Gasteiger partial charge in [0.1, 0.15) is 11.5 Å². The molecule has 3 aromatic heterocycles. The van der Waals surface area contributed by atoms with Gasteiger partial charge in [-0.3, -0.25) is 9.67 Å². The van der Waals surface area contributed by atoms with Crippen LogP contribution in [0.3, 0.4) is 0 Å². The molecule has 0 radical (unpaired) electrons. The molecule has 1 unspecified atom stereocenters. The van der Waals surface area contributed by atoms with Gasteiger partial charge >= 0.3 is 0 Å². The molecule has 2 N–H and O–H groups in total. The first kappa shape index (κ1) is 19.0. The van der Waals surface area contributed by atoms with Crippen molar-refractivity contribution in [2.45, 2.75) is 37.8 Å². The minimum atomic E-state index is -0.301. The van der Waals surface area contributed by atoms with Crippen LogP contribution in [-0.2, 0) is 7.05 Å². The number of hydrogen-bond acceptors (Lipinski definition) is 7. The predicted molar refractivity (Wildman–Crippen MR) is 118 cm³/mol. The lowest BCUT2D eigenvalue weighted by atomic mass is 9.93. The van der Waals surface area contributed by atoms with Crippen LogP contribution in [0.4, 0.5) is 5.13 Å². The van der Waals surface area contributed by atoms with E-state index < -0.39 is 0 Å². The number of hydrogen-bond donors (Lipinski definition) is 2. The van der Waals surface area contributed by atoms with E-state index in [1.807, 2.05) is 43.6 Å². The molecule has 0 saturated heterocycles. The average molecular weight is 422 g/mol. The second-order valence-electron chi connectivity index (χ2n) is 7.63. The van der Waals surface area contributed by atoms with Crippen LogP contribution in [0.1, 0.15) is 25.7 Å². The third-order valence-electron chi connectivity index (χ3n) is 5.37. The summed E-state index contributed by atoms with van der Waals surface area (Å²) in [4.78, 5) is 9.08. The lowest BCUT2D eigenvalue weighted by molar-refractivity contribution is 0.116. The third-order valence-corrected chi connectivity index (χ3v) is 6.32. The average Bonchev–Trinajstić information content (AvgIpc) is 3.35. The van der Waals surface area contributed by atoms with E-state index in [1.165, 1.54) is 0 Å². The molecular weight excluding hydrogens is 398 g/mol. The number of aryl methyl sites for hydroxylation is 1. The van der Waals surface area contributed by atoms with Gasteiger partial charge in [-0.25, -0.2) is 4.98 Å². The Labute approximate surface area is 178 Å². The molecule has 154 valence electrons. The van der Waals surface area contributed by atoms with E-state index in [4.69, 9.17) is 4.74 Å². The van der Waals surface area contributed by atoms with Crippen molar-refractivity contribution in [2.75, 3.05) is 5.32 Å². The van der Waals surface area contributed by atoms with E-state index in [1.54, 1.807) is 28.4 Å². The summed E-state index contributed by atoms with van der Waals surface area (Å²) >= 11 is 1.58. The van der Waals surface area contributed by atoms with E-state index in [9.17, 15) is 5.11 Å². The predicted octanol–water partition coefficient (Wildman–Crippen LogP) is 4.60. The number of rotatable bonds is 5. The van der Waals surface area contributed by atoms with Crippen molar-refractivity contribution < 1.29 is 9.84 Å². The quantitative estimate of drug-likeness (QED) is 0.490. The molecule has 1 saturated carbocycles. The van der Waals surface area contributed by atoms with Crippen LogP contribution < -0.4 is 10.1 Å². The number of aromatic nitrogens is 4. The standard InChI is InChI=1S/C22H23N5O2S/c1-27-13-14(12-24-27)19-10-16(8-9-23-19)29-15-6-7-18-21(11-15)30-22(26-18)25-17-4-2-3-5-20(17)28/h6-13,17,20,28H,2-5H2,1H3,(H,25,26)/t17?,20-/m1/s1. The summed E-state index contributed by atoms with van der Waals surface area (Å²) in [5.41, 5.74) is 2.68. The summed E-state index contributed by atoms with van der Waals surface area (Å²) < 4.78 is 8.88. The van der Waals surface area contributed by atoms with E-state index in [-0.39, 0.29) is 12.1 Å². The van der Waals surface area contributed by atoms with E-state index in [0.29, 0.717) is 0 Å². The van der Waals surface area contributed by atoms with Gasteiger partial charge in [0.25, 0.3) is 0 Å². The highest BCUT2D eigenvalue weighted by Gasteiger charge is 2.23. The highest BCUT2D eigenvalue weighted by Crippen LogP contribution is 2.33. The summed E-state index contributed by atoms with van der Waals surface area (Å²) in [6, 6.07) is 9.72. The normalized spacial score (nSPS) is 19.1. The lowest BCUT2D eigenvalue weighted by Gasteiger charge is -2.27. The Morgan fingerprint density at radius 1 is 1.17 bits per heavy atom. The van der Waals surface area contributed by atoms with Crippen molar-refractivity contribution in [3.8, 4) is 22.8 Å². The van der Waals surface area contributed by atoms with Gasteiger partial charge in [0.2, 0.25) is 0 Å². The van der Waals surface area contributed by atoms with Crippen molar-refractivity contribution in [1.29, 1.82) is 0 Å². The summed E-state index contributed by atoms with van der Waals surface area (Å²) in [7, 11) is 1.88. The Kier molecular flexibility index (Phi) is 5.10. The number of nitrogens with one attached hydrogen (secondary N) is 1. The van der Waals surface area contributed by atoms with Crippen molar-refractivity contribution >= 4 is 26.7 Å². The number of nitrogens with zero attached hydrogens (tertiary/aromatic N) is 4. The lowest BCUT2D eigenvalue weighted by Crippen LogP contribution is -2.36. The molecule has 7 nitrogen and oxygen atoms in total. The van der Waals surface area contributed by atoms with Gasteiger partial charge in [-0.2, -0.15) is 5.10 Å². The number of benzene rings is 1. The molecule has 8 heteroatoms. The van der Waals surface area contributed by atoms with Crippen LogP contribution in [0.5, 0.6) is 11.5 Å². The molecule has 2 atom stereocenters. The van der Waals surface area contributed by atoms with E-state index >= 15 is 0 Å². The maximum Gasteiger partial charge on any atom is 0.184 e. The first-order valence-corrected chi connectivity index (χ1v) is 10.9. The Morgan fingerprint density at radius 3 is 2.87 bits per heavy atom. The first-order valence-electron chi connectivity index (χ1n) is 10.1. The smallest absolute Gasteiger partial charge is 0.184 e. The molecule has 1 aromatic carbocycles. The van der Waals surface area contributed by atoms with Crippen LogP contribution in [0.2, 0.25) is 0 Å². The number of aliphatic hydroxyl groups excluding tert-OH is 1. The zero-order chi connectivity index (χ0) is 20.5. The topological polar surface area (TPSA) is 85.1 Å². The first-order chi connectivity index (χ1) is 14.6. The summed E-state index contributed by atoms with van der Waals surface area (Å²) in [6.07, 6.45) is 9.22. The van der Waals surface area contributed by atoms with Gasteiger partial charge < -0.3 is 15.2 Å². The monoisotopic (exact) mass is 421 g/mol. The molecule has 0 spiro atoms. The second kappa shape index (κ2) is 8.04. The van der Waals surface area contributed by atoms with Crippen molar-refractivity contribution in [2.24, 2.45) is 7.05 Å². The van der Waals surface area contributed by atoms with Crippen LogP contribution in [0.15, 0.2) is 48.9 Å². The number of anilines is 1. The van der Waals surface area contributed by atoms with Crippen LogP contribution in [0, 0.1) is 0 Å². The number of fused-ring (bicyclic) bond motifs is 1. The number of aliphatic hydroxyl groups is 1. The van der Waals surface area contributed by atoms with Gasteiger partial charge in [0.15, 0.2) is 5.13 Å². The molecule has 5 rings (SSSR count). The summed E-state index contributed by atoms with van der Waals surface area (Å²) in [6.45, 7) is 0. The van der Waals surface area contributed by atoms with E-state index in [2.05, 4.69) is 20.4 Å². The summed E-state index contributed by atoms with van der Waals surface area (Å²) in [5, 5.41) is 18.7. The van der Waals surface area contributed by atoms with Crippen LogP contribution in [-0.4, -0.2) is 37.0 Å². The highest BCUT2D eigenvalue weighted by atomic mass is 32.1. The van der Waals surface area contributed by atoms with Crippen molar-refractivity contribution in [3.63, 3.8) is 0 Å². The zero-order valence-electron chi connectivity index (χ0n) is 16.7. The summed E-state index contributed by atoms with van der Waals surface area (Å²) in [5.74, 6) is 1.47. The molecule has 1 aliphatic carbocycles. The SMILES string of the molecule is Cn1cc(-c2cc(Oc3ccc4nc(NC5CCCC[C@H]5O)sc4c3)ccn2)cn1. The Bertz CT molecular complexity index is 1170. The maximum atomic E-state index is 10.2. The van der Waals surface area contributed by atoms with Gasteiger partial charge in [0, 0.05) is 37.1 Å². The highest BCUT2D eigenvalue weighted by molar-refractivity contribution is 7.22. The molecular formula is C22H23N5O2S. The molecule has 1 aliphatic rings. The van der Waals surface area contributed by atoms with Crippen molar-refractivity contribution in [3.05, 3.63) is 48.9 Å². The minimum absolute atomic E-state index is 0.0812. The molecule has 30 heavy (non-hydrogen) atoms. The largest absolute Gasteiger partial charge is 0.457 e. The maximum absolute atomic E-state index is 10.2. The Hall–Kier alpha value is -2.97. The fraction of sp³-hybridized carbons (Fsp3) is 0.318. The van der Waals surface area contributed by atoms with Gasteiger partial charge in [-0.15, -0.1) is 0 Å². The Balaban J connectivity index is 1.34. The number of thiazole rings is 1. The molecule has 4 aromatic rings. The Morgan fingerprint density at radius 2 is 2.03 bits per heavy atom. The van der Waals surface area contributed by atoms with Crippen LogP contribution >= 0.6 is 11.3 Å². The third kappa shape index (κ3) is 4.01. The molecule has 0 bridgehead atoms.